The number of ether oxygens (including phenoxy) is 2. The van der Waals surface area contributed by atoms with Gasteiger partial charge in [-0.05, 0) is 56.4 Å². The fourth-order valence-electron chi connectivity index (χ4n) is 3.98. The van der Waals surface area contributed by atoms with Crippen molar-refractivity contribution >= 4 is 34.2 Å². The van der Waals surface area contributed by atoms with E-state index in [2.05, 4.69) is 85.2 Å². The predicted molar refractivity (Wildman–Crippen MR) is 131 cm³/mol. The van der Waals surface area contributed by atoms with Crippen molar-refractivity contribution in [2.45, 2.75) is 6.42 Å². The minimum atomic E-state index is 0. The molecule has 4 rings (SSSR count). The normalized spacial score (nSPS) is 10.7. The van der Waals surface area contributed by atoms with Crippen LogP contribution in [0.4, 0.5) is 0 Å². The average molecular weight is 473 g/mol. The van der Waals surface area contributed by atoms with Gasteiger partial charge in [0.1, 0.15) is 18.5 Å². The van der Waals surface area contributed by atoms with Crippen molar-refractivity contribution in [1.82, 2.24) is 4.90 Å². The molecule has 0 saturated heterocycles. The Balaban J connectivity index is 0.00000181. The summed E-state index contributed by atoms with van der Waals surface area (Å²) in [6, 6.07) is 23.3. The summed E-state index contributed by atoms with van der Waals surface area (Å²) in [6.45, 7) is 1.74. The molecule has 0 amide bonds. The van der Waals surface area contributed by atoms with Gasteiger partial charge in [0.2, 0.25) is 11.0 Å². The number of hydrogen-bond donors (Lipinski definition) is 0. The molecule has 0 saturated carbocycles. The van der Waals surface area contributed by atoms with Gasteiger partial charge in [0.05, 0.1) is 30.6 Å². The van der Waals surface area contributed by atoms with Crippen LogP contribution < -0.4 is 26.4 Å². The summed E-state index contributed by atoms with van der Waals surface area (Å²) >= 11 is 0. The van der Waals surface area contributed by atoms with Crippen LogP contribution in [0.15, 0.2) is 66.7 Å². The zero-order chi connectivity index (χ0) is 21.1. The highest BCUT2D eigenvalue weighted by Crippen LogP contribution is 2.35. The predicted octanol–water partition coefficient (Wildman–Crippen LogP) is 2.25. The molecule has 1 heterocycles. The lowest BCUT2D eigenvalue weighted by molar-refractivity contribution is -0.617. The maximum absolute atomic E-state index is 6.05. The first-order valence-electron chi connectivity index (χ1n) is 10.3. The van der Waals surface area contributed by atoms with Gasteiger partial charge in [-0.3, -0.25) is 0 Å². The number of methoxy groups -OCH3 is 1. The fraction of sp³-hybridized carbons (Fsp3) is 0.269. The van der Waals surface area contributed by atoms with Crippen LogP contribution in [0.3, 0.4) is 0 Å². The van der Waals surface area contributed by atoms with Gasteiger partial charge in [-0.15, -0.1) is 12.4 Å². The molecule has 4 nitrogen and oxygen atoms in total. The highest BCUT2D eigenvalue weighted by molar-refractivity contribution is 6.07. The lowest BCUT2D eigenvalue weighted by Crippen LogP contribution is -3.00. The summed E-state index contributed by atoms with van der Waals surface area (Å²) in [5.41, 5.74) is 4.77. The Kier molecular flexibility index (Phi) is 9.14. The molecule has 32 heavy (non-hydrogen) atoms. The second-order valence-corrected chi connectivity index (χ2v) is 7.86. The molecule has 0 aliphatic rings. The standard InChI is InChI=1S/C26H29N2O2.2ClH/c1-27(2)16-7-17-30-21-14-15-23-25(18-21)28(3)24-9-6-5-8-22(24)26(23)19-10-12-20(29-4)13-11-19;;/h5-6,8-15,18H,7,16-17H2,1-4H3;2*1H/q+1;;/p-1. The Labute approximate surface area is 202 Å². The summed E-state index contributed by atoms with van der Waals surface area (Å²) in [4.78, 5) is 2.18. The van der Waals surface area contributed by atoms with Crippen molar-refractivity contribution in [3.05, 3.63) is 66.7 Å². The van der Waals surface area contributed by atoms with Gasteiger partial charge in [-0.2, -0.15) is 4.57 Å². The molecule has 0 fully saturated rings. The summed E-state index contributed by atoms with van der Waals surface area (Å²) in [7, 11) is 7.99. The summed E-state index contributed by atoms with van der Waals surface area (Å²) in [5, 5.41) is 2.44. The smallest absolute Gasteiger partial charge is 0.217 e. The lowest BCUT2D eigenvalue weighted by atomic mass is 9.95. The van der Waals surface area contributed by atoms with Crippen LogP contribution in [0, 0.1) is 0 Å². The quantitative estimate of drug-likeness (QED) is 0.234. The molecule has 0 aliphatic heterocycles. The topological polar surface area (TPSA) is 25.6 Å². The molecule has 1 aromatic heterocycles. The van der Waals surface area contributed by atoms with E-state index in [4.69, 9.17) is 9.47 Å². The Hall–Kier alpha value is -2.53. The van der Waals surface area contributed by atoms with Gasteiger partial charge in [0.15, 0.2) is 0 Å². The zero-order valence-corrected chi connectivity index (χ0v) is 20.5. The molecule has 170 valence electrons. The van der Waals surface area contributed by atoms with Gasteiger partial charge in [-0.25, -0.2) is 0 Å². The molecule has 4 aromatic rings. The number of aryl methyl sites for hydroxylation is 1. The third-order valence-electron chi connectivity index (χ3n) is 5.53. The molecule has 0 atom stereocenters. The van der Waals surface area contributed by atoms with Crippen LogP contribution in [0.25, 0.3) is 32.9 Å². The second kappa shape index (κ2) is 11.4. The number of para-hydroxylation sites is 1. The van der Waals surface area contributed by atoms with Crippen molar-refractivity contribution in [3.8, 4) is 22.6 Å². The molecule has 6 heteroatoms. The Bertz CT molecular complexity index is 1180. The highest BCUT2D eigenvalue weighted by atomic mass is 35.5. The third kappa shape index (κ3) is 5.26. The number of fused-ring (bicyclic) bond motifs is 2. The molecule has 0 spiro atoms. The molecule has 0 N–H and O–H groups in total. The van der Waals surface area contributed by atoms with Crippen LogP contribution in [0.2, 0.25) is 0 Å². The number of aromatic nitrogens is 1. The maximum Gasteiger partial charge on any atom is 0.217 e. The Morgan fingerprint density at radius 1 is 0.844 bits per heavy atom. The first-order valence-corrected chi connectivity index (χ1v) is 10.3. The molecule has 0 bridgehead atoms. The molecule has 3 aromatic carbocycles. The van der Waals surface area contributed by atoms with Crippen LogP contribution in [-0.2, 0) is 7.05 Å². The van der Waals surface area contributed by atoms with E-state index in [1.807, 2.05) is 12.1 Å². The van der Waals surface area contributed by atoms with Crippen molar-refractivity contribution in [1.29, 1.82) is 0 Å². The largest absolute Gasteiger partial charge is 1.00 e. The van der Waals surface area contributed by atoms with Crippen LogP contribution in [0.1, 0.15) is 6.42 Å². The SMILES string of the molecule is COc1ccc(-c2c3ccccc3[n+](C)c3cc(OCCCN(C)C)ccc23)cc1.Cl.[Cl-]. The number of pyridine rings is 1. The summed E-state index contributed by atoms with van der Waals surface area (Å²) < 4.78 is 13.7. The molecular weight excluding hydrogens is 443 g/mol. The monoisotopic (exact) mass is 472 g/mol. The van der Waals surface area contributed by atoms with Crippen LogP contribution in [-0.4, -0.2) is 39.3 Å². The summed E-state index contributed by atoms with van der Waals surface area (Å²) in [6.07, 6.45) is 1.01. The van der Waals surface area contributed by atoms with Crippen molar-refractivity contribution < 1.29 is 26.4 Å². The third-order valence-corrected chi connectivity index (χ3v) is 5.53. The van der Waals surface area contributed by atoms with Gasteiger partial charge in [0.25, 0.3) is 0 Å². The minimum Gasteiger partial charge on any atom is -1.00 e. The van der Waals surface area contributed by atoms with E-state index in [-0.39, 0.29) is 24.8 Å². The number of benzene rings is 3. The molecule has 0 radical (unpaired) electrons. The van der Waals surface area contributed by atoms with E-state index in [0.717, 1.165) is 30.0 Å². The van der Waals surface area contributed by atoms with Crippen molar-refractivity contribution in [3.63, 3.8) is 0 Å². The van der Waals surface area contributed by atoms with Gasteiger partial charge in [0, 0.05) is 18.2 Å². The van der Waals surface area contributed by atoms with Gasteiger partial charge < -0.3 is 26.8 Å². The van der Waals surface area contributed by atoms with E-state index in [9.17, 15) is 0 Å². The first kappa shape index (κ1) is 25.7. The maximum atomic E-state index is 6.05. The van der Waals surface area contributed by atoms with Gasteiger partial charge in [-0.1, -0.05) is 24.3 Å². The number of hydrogen-bond acceptors (Lipinski definition) is 3. The Morgan fingerprint density at radius 3 is 2.19 bits per heavy atom. The van der Waals surface area contributed by atoms with Crippen LogP contribution in [0.5, 0.6) is 11.5 Å². The van der Waals surface area contributed by atoms with E-state index in [0.29, 0.717) is 6.61 Å². The second-order valence-electron chi connectivity index (χ2n) is 7.86. The van der Waals surface area contributed by atoms with Crippen molar-refractivity contribution in [2.75, 3.05) is 34.4 Å². The molecule has 0 unspecified atom stereocenters. The Morgan fingerprint density at radius 2 is 1.50 bits per heavy atom. The van der Waals surface area contributed by atoms with Crippen molar-refractivity contribution in [2.24, 2.45) is 7.05 Å². The van der Waals surface area contributed by atoms with Crippen LogP contribution >= 0.6 is 12.4 Å². The zero-order valence-electron chi connectivity index (χ0n) is 19.0. The number of halogens is 2. The van der Waals surface area contributed by atoms with E-state index in [1.165, 1.54) is 27.4 Å². The lowest BCUT2D eigenvalue weighted by Gasteiger charge is -2.13. The van der Waals surface area contributed by atoms with E-state index in [1.54, 1.807) is 7.11 Å². The highest BCUT2D eigenvalue weighted by Gasteiger charge is 2.19. The molecular formula is C26H30Cl2N2O2. The fourth-order valence-corrected chi connectivity index (χ4v) is 3.98. The van der Waals surface area contributed by atoms with Gasteiger partial charge >= 0.3 is 0 Å². The van der Waals surface area contributed by atoms with E-state index >= 15 is 0 Å². The minimum absolute atomic E-state index is 0. The number of nitrogens with zero attached hydrogens (tertiary/aromatic N) is 2. The molecule has 0 aliphatic carbocycles. The van der Waals surface area contributed by atoms with E-state index < -0.39 is 0 Å². The number of rotatable bonds is 7. The average Bonchev–Trinajstić information content (AvgIpc) is 2.77. The first-order chi connectivity index (χ1) is 14.6. The summed E-state index contributed by atoms with van der Waals surface area (Å²) in [5.74, 6) is 1.77.